The number of likely N-dealkylation sites (tertiary alicyclic amines) is 1. The number of rotatable bonds is 8. The molecule has 1 aliphatic heterocycles. The largest absolute Gasteiger partial charge is 0.308 e. The van der Waals surface area contributed by atoms with Crippen LogP contribution in [0.5, 0.6) is 0 Å². The van der Waals surface area contributed by atoms with Crippen molar-refractivity contribution in [2.45, 2.75) is 44.6 Å². The van der Waals surface area contributed by atoms with Gasteiger partial charge < -0.3 is 4.90 Å². The molecule has 106 valence electrons. The fourth-order valence-corrected chi connectivity index (χ4v) is 2.67. The lowest BCUT2D eigenvalue weighted by Crippen LogP contribution is -2.38. The third-order valence-corrected chi connectivity index (χ3v) is 3.59. The number of nitrogens with one attached hydrogen (secondary N) is 1. The molecule has 18 heavy (non-hydrogen) atoms. The smallest absolute Gasteiger partial charge is 0.233 e. The second-order valence-corrected chi connectivity index (χ2v) is 5.47. The zero-order valence-electron chi connectivity index (χ0n) is 11.8. The van der Waals surface area contributed by atoms with Crippen molar-refractivity contribution in [1.29, 1.82) is 0 Å². The Hall–Kier alpha value is -0.650. The van der Waals surface area contributed by atoms with Crippen molar-refractivity contribution in [2.75, 3.05) is 33.7 Å². The molecule has 0 aromatic heterocycles. The average molecular weight is 256 g/mol. The highest BCUT2D eigenvalue weighted by atomic mass is 16.2. The Balaban J connectivity index is 2.09. The zero-order chi connectivity index (χ0) is 13.4. The Morgan fingerprint density at radius 2 is 2.17 bits per heavy atom. The Bertz CT molecular complexity index is 245. The standard InChI is InChI=1S/C13H28N4O/c1-16(2)11-12-7-6-10-17(12)9-5-3-4-8-13(18)15-14/h12H,3-11,14H2,1-2H3,(H,15,18). The number of carbonyl (C=O) groups is 1. The Kier molecular flexibility index (Phi) is 7.23. The second-order valence-electron chi connectivity index (χ2n) is 5.47. The summed E-state index contributed by atoms with van der Waals surface area (Å²) >= 11 is 0. The number of amides is 1. The summed E-state index contributed by atoms with van der Waals surface area (Å²) in [5.74, 6) is 4.98. The van der Waals surface area contributed by atoms with Crippen LogP contribution in [0.4, 0.5) is 0 Å². The van der Waals surface area contributed by atoms with Crippen LogP contribution in [0.3, 0.4) is 0 Å². The molecule has 1 fully saturated rings. The molecular weight excluding hydrogens is 228 g/mol. The van der Waals surface area contributed by atoms with Crippen LogP contribution in [-0.2, 0) is 4.79 Å². The van der Waals surface area contributed by atoms with Crippen molar-refractivity contribution in [3.05, 3.63) is 0 Å². The molecule has 0 radical (unpaired) electrons. The van der Waals surface area contributed by atoms with Gasteiger partial charge in [-0.25, -0.2) is 5.84 Å². The molecule has 1 unspecified atom stereocenters. The Labute approximate surface area is 111 Å². The summed E-state index contributed by atoms with van der Waals surface area (Å²) in [4.78, 5) is 15.8. The number of carbonyl (C=O) groups excluding carboxylic acids is 1. The van der Waals surface area contributed by atoms with Gasteiger partial charge >= 0.3 is 0 Å². The first kappa shape index (κ1) is 15.4. The van der Waals surface area contributed by atoms with Crippen LogP contribution in [-0.4, -0.2) is 55.5 Å². The quantitative estimate of drug-likeness (QED) is 0.288. The number of hydrazine groups is 1. The molecule has 0 aromatic rings. The average Bonchev–Trinajstić information content (AvgIpc) is 2.75. The van der Waals surface area contributed by atoms with Crippen molar-refractivity contribution in [3.63, 3.8) is 0 Å². The third kappa shape index (κ3) is 5.80. The van der Waals surface area contributed by atoms with Crippen LogP contribution in [0.25, 0.3) is 0 Å². The van der Waals surface area contributed by atoms with Crippen molar-refractivity contribution < 1.29 is 4.79 Å². The van der Waals surface area contributed by atoms with E-state index in [0.29, 0.717) is 6.42 Å². The first-order chi connectivity index (χ1) is 8.63. The molecule has 1 saturated heterocycles. The molecule has 0 bridgehead atoms. The number of nitrogens with zero attached hydrogens (tertiary/aromatic N) is 2. The number of hydrogen-bond acceptors (Lipinski definition) is 4. The van der Waals surface area contributed by atoms with E-state index in [9.17, 15) is 4.79 Å². The number of nitrogens with two attached hydrogens (primary N) is 1. The first-order valence-electron chi connectivity index (χ1n) is 7.01. The minimum Gasteiger partial charge on any atom is -0.308 e. The van der Waals surface area contributed by atoms with E-state index >= 15 is 0 Å². The highest BCUT2D eigenvalue weighted by Crippen LogP contribution is 2.18. The predicted molar refractivity (Wildman–Crippen MR) is 73.9 cm³/mol. The monoisotopic (exact) mass is 256 g/mol. The molecule has 5 nitrogen and oxygen atoms in total. The molecule has 1 amide bonds. The van der Waals surface area contributed by atoms with Crippen molar-refractivity contribution in [1.82, 2.24) is 15.2 Å². The van der Waals surface area contributed by atoms with E-state index in [0.717, 1.165) is 25.4 Å². The Morgan fingerprint density at radius 1 is 1.39 bits per heavy atom. The molecule has 0 aromatic carbocycles. The predicted octanol–water partition coefficient (Wildman–Crippen LogP) is 0.563. The first-order valence-corrected chi connectivity index (χ1v) is 7.01. The van der Waals surface area contributed by atoms with Crippen molar-refractivity contribution in [2.24, 2.45) is 5.84 Å². The zero-order valence-corrected chi connectivity index (χ0v) is 11.8. The summed E-state index contributed by atoms with van der Waals surface area (Å²) in [6.07, 6.45) is 6.44. The van der Waals surface area contributed by atoms with E-state index < -0.39 is 0 Å². The van der Waals surface area contributed by atoms with Gasteiger partial charge in [-0.3, -0.25) is 15.1 Å². The van der Waals surface area contributed by atoms with Crippen molar-refractivity contribution in [3.8, 4) is 0 Å². The van der Waals surface area contributed by atoms with E-state index in [4.69, 9.17) is 5.84 Å². The Morgan fingerprint density at radius 3 is 2.83 bits per heavy atom. The number of likely N-dealkylation sites (N-methyl/N-ethyl adjacent to an activating group) is 1. The minimum atomic E-state index is -0.0540. The molecular formula is C13H28N4O. The van der Waals surface area contributed by atoms with Crippen LogP contribution in [0.1, 0.15) is 38.5 Å². The van der Waals surface area contributed by atoms with Crippen LogP contribution in [0, 0.1) is 0 Å². The van der Waals surface area contributed by atoms with Gasteiger partial charge in [0.25, 0.3) is 0 Å². The van der Waals surface area contributed by atoms with E-state index in [-0.39, 0.29) is 5.91 Å². The van der Waals surface area contributed by atoms with Crippen LogP contribution in [0.2, 0.25) is 0 Å². The van der Waals surface area contributed by atoms with Gasteiger partial charge in [0.1, 0.15) is 0 Å². The molecule has 1 atom stereocenters. The van der Waals surface area contributed by atoms with Gasteiger partial charge in [0.2, 0.25) is 5.91 Å². The molecule has 1 heterocycles. The van der Waals surface area contributed by atoms with E-state index in [1.165, 1.54) is 32.4 Å². The fraction of sp³-hybridized carbons (Fsp3) is 0.923. The molecule has 0 aliphatic carbocycles. The van der Waals surface area contributed by atoms with E-state index in [1.54, 1.807) is 0 Å². The van der Waals surface area contributed by atoms with E-state index in [2.05, 4.69) is 29.3 Å². The number of unbranched alkanes of at least 4 members (excludes halogenated alkanes) is 2. The molecule has 3 N–H and O–H groups in total. The van der Waals surface area contributed by atoms with Crippen molar-refractivity contribution >= 4 is 5.91 Å². The maximum absolute atomic E-state index is 11.0. The molecule has 1 rings (SSSR count). The third-order valence-electron chi connectivity index (χ3n) is 3.59. The lowest BCUT2D eigenvalue weighted by Gasteiger charge is -2.26. The highest BCUT2D eigenvalue weighted by Gasteiger charge is 2.23. The molecule has 5 heteroatoms. The van der Waals surface area contributed by atoms with Gasteiger partial charge in [-0.2, -0.15) is 0 Å². The fourth-order valence-electron chi connectivity index (χ4n) is 2.67. The normalized spacial score (nSPS) is 20.6. The van der Waals surface area contributed by atoms with Gasteiger partial charge in [-0.05, 0) is 52.9 Å². The van der Waals surface area contributed by atoms with E-state index in [1.807, 2.05) is 0 Å². The van der Waals surface area contributed by atoms with Crippen LogP contribution >= 0.6 is 0 Å². The van der Waals surface area contributed by atoms with Gasteiger partial charge in [0, 0.05) is 19.0 Å². The summed E-state index contributed by atoms with van der Waals surface area (Å²) in [5, 5.41) is 0. The lowest BCUT2D eigenvalue weighted by molar-refractivity contribution is -0.121. The summed E-state index contributed by atoms with van der Waals surface area (Å²) in [6.45, 7) is 3.57. The van der Waals surface area contributed by atoms with Crippen LogP contribution < -0.4 is 11.3 Å². The summed E-state index contributed by atoms with van der Waals surface area (Å²) < 4.78 is 0. The topological polar surface area (TPSA) is 61.6 Å². The van der Waals surface area contributed by atoms with Gasteiger partial charge in [-0.15, -0.1) is 0 Å². The maximum atomic E-state index is 11.0. The summed E-state index contributed by atoms with van der Waals surface area (Å²) in [5.41, 5.74) is 2.17. The summed E-state index contributed by atoms with van der Waals surface area (Å²) in [6, 6.07) is 0.729. The summed E-state index contributed by atoms with van der Waals surface area (Å²) in [7, 11) is 4.28. The second kappa shape index (κ2) is 8.45. The van der Waals surface area contributed by atoms with Crippen LogP contribution in [0.15, 0.2) is 0 Å². The lowest BCUT2D eigenvalue weighted by atomic mass is 10.1. The van der Waals surface area contributed by atoms with Gasteiger partial charge in [0.05, 0.1) is 0 Å². The molecule has 0 spiro atoms. The molecule has 0 saturated carbocycles. The SMILES string of the molecule is CN(C)CC1CCCN1CCCCCC(=O)NN. The minimum absolute atomic E-state index is 0.0540. The number of hydrogen-bond donors (Lipinski definition) is 2. The maximum Gasteiger partial charge on any atom is 0.233 e. The van der Waals surface area contributed by atoms with Gasteiger partial charge in [0.15, 0.2) is 0 Å². The highest BCUT2D eigenvalue weighted by molar-refractivity contribution is 5.74. The van der Waals surface area contributed by atoms with Gasteiger partial charge in [-0.1, -0.05) is 6.42 Å². The molecule has 1 aliphatic rings.